The van der Waals surface area contributed by atoms with Crippen LogP contribution < -0.4 is 10.1 Å². The number of amides is 2. The number of nitrogens with zero attached hydrogens (tertiary/aromatic N) is 2. The second kappa shape index (κ2) is 11.9. The van der Waals surface area contributed by atoms with Gasteiger partial charge in [0.1, 0.15) is 11.5 Å². The number of nitrogens with one attached hydrogen (secondary N) is 1. The number of piperidine rings is 2. The van der Waals surface area contributed by atoms with Crippen molar-refractivity contribution in [2.45, 2.75) is 51.5 Å². The molecule has 0 unspecified atom stereocenters. The molecule has 200 valence electrons. The van der Waals surface area contributed by atoms with E-state index in [0.717, 1.165) is 76.2 Å². The van der Waals surface area contributed by atoms with Crippen molar-refractivity contribution in [2.75, 3.05) is 31.5 Å². The quantitative estimate of drug-likeness (QED) is 0.368. The highest BCUT2D eigenvalue weighted by Crippen LogP contribution is 2.33. The fourth-order valence-electron chi connectivity index (χ4n) is 5.46. The summed E-state index contributed by atoms with van der Waals surface area (Å²) in [5.41, 5.74) is 4.67. The fraction of sp³-hybridized carbons (Fsp3) is 0.387. The summed E-state index contributed by atoms with van der Waals surface area (Å²) in [6.45, 7) is 6.69. The molecule has 7 heteroatoms. The Balaban J connectivity index is 1.13. The molecule has 2 fully saturated rings. The first-order valence-electron chi connectivity index (χ1n) is 13.6. The molecule has 0 aliphatic carbocycles. The van der Waals surface area contributed by atoms with Crippen LogP contribution in [0.4, 0.5) is 19.3 Å². The number of aryl methyl sites for hydroxylation is 1. The Kier molecular flexibility index (Phi) is 8.23. The number of urea groups is 1. The van der Waals surface area contributed by atoms with Crippen LogP contribution in [0.25, 0.3) is 0 Å². The monoisotopic (exact) mass is 519 g/mol. The maximum Gasteiger partial charge on any atom is 0.321 e. The molecule has 3 aromatic carbocycles. The third-order valence-corrected chi connectivity index (χ3v) is 7.66. The van der Waals surface area contributed by atoms with Gasteiger partial charge in [-0.1, -0.05) is 18.2 Å². The van der Waals surface area contributed by atoms with Crippen LogP contribution in [-0.4, -0.2) is 42.0 Å². The van der Waals surface area contributed by atoms with Crippen LogP contribution >= 0.6 is 0 Å². The number of halogens is 2. The Labute approximate surface area is 223 Å². The highest BCUT2D eigenvalue weighted by Gasteiger charge is 2.23. The van der Waals surface area contributed by atoms with E-state index in [0.29, 0.717) is 11.7 Å². The minimum absolute atomic E-state index is 0.00979. The lowest BCUT2D eigenvalue weighted by Gasteiger charge is -2.33. The van der Waals surface area contributed by atoms with Crippen molar-refractivity contribution >= 4 is 11.7 Å². The zero-order valence-corrected chi connectivity index (χ0v) is 21.9. The smallest absolute Gasteiger partial charge is 0.321 e. The molecule has 38 heavy (non-hydrogen) atoms. The van der Waals surface area contributed by atoms with Gasteiger partial charge < -0.3 is 15.0 Å². The first-order chi connectivity index (χ1) is 18.4. The molecule has 3 aromatic rings. The minimum atomic E-state index is -0.924. The van der Waals surface area contributed by atoms with Crippen molar-refractivity contribution in [2.24, 2.45) is 0 Å². The third kappa shape index (κ3) is 6.51. The Morgan fingerprint density at radius 1 is 0.868 bits per heavy atom. The summed E-state index contributed by atoms with van der Waals surface area (Å²) in [4.78, 5) is 17.0. The zero-order valence-electron chi connectivity index (χ0n) is 21.9. The molecule has 0 spiro atoms. The van der Waals surface area contributed by atoms with Gasteiger partial charge in [0.2, 0.25) is 0 Å². The first kappa shape index (κ1) is 26.2. The van der Waals surface area contributed by atoms with Gasteiger partial charge in [0.05, 0.1) is 0 Å². The summed E-state index contributed by atoms with van der Waals surface area (Å²) in [5, 5.41) is 3.12. The number of hydrogen-bond donors (Lipinski definition) is 1. The van der Waals surface area contributed by atoms with E-state index in [1.807, 2.05) is 35.2 Å². The van der Waals surface area contributed by atoms with Gasteiger partial charge in [-0.15, -0.1) is 0 Å². The van der Waals surface area contributed by atoms with Gasteiger partial charge >= 0.3 is 6.03 Å². The van der Waals surface area contributed by atoms with Gasteiger partial charge in [-0.05, 0) is 111 Å². The number of rotatable bonds is 6. The molecule has 2 amide bonds. The lowest BCUT2D eigenvalue weighted by Crippen LogP contribution is -2.38. The Bertz CT molecular complexity index is 1250. The van der Waals surface area contributed by atoms with Crippen LogP contribution in [0, 0.1) is 18.6 Å². The number of benzene rings is 3. The van der Waals surface area contributed by atoms with E-state index in [4.69, 9.17) is 4.74 Å². The van der Waals surface area contributed by atoms with Crippen LogP contribution in [0.5, 0.6) is 11.5 Å². The summed E-state index contributed by atoms with van der Waals surface area (Å²) in [5.74, 6) is -0.485. The highest BCUT2D eigenvalue weighted by molar-refractivity contribution is 5.89. The van der Waals surface area contributed by atoms with Gasteiger partial charge in [-0.3, -0.25) is 4.90 Å². The Morgan fingerprint density at radius 3 is 2.29 bits per heavy atom. The molecular formula is C31H35F2N3O2. The lowest BCUT2D eigenvalue weighted by molar-refractivity contribution is 0.200. The number of anilines is 1. The summed E-state index contributed by atoms with van der Waals surface area (Å²) in [6.07, 6.45) is 5.51. The van der Waals surface area contributed by atoms with Gasteiger partial charge in [-0.25, -0.2) is 13.6 Å². The van der Waals surface area contributed by atoms with Crippen molar-refractivity contribution in [3.63, 3.8) is 0 Å². The average Bonchev–Trinajstić information content (AvgIpc) is 2.94. The molecule has 0 atom stereocenters. The zero-order chi connectivity index (χ0) is 26.5. The number of carbonyl (C=O) groups is 1. The van der Waals surface area contributed by atoms with Gasteiger partial charge in [0, 0.05) is 31.4 Å². The normalized spacial score (nSPS) is 16.9. The van der Waals surface area contributed by atoms with Crippen molar-refractivity contribution in [1.29, 1.82) is 0 Å². The predicted molar refractivity (Wildman–Crippen MR) is 146 cm³/mol. The van der Waals surface area contributed by atoms with Crippen molar-refractivity contribution in [3.8, 4) is 11.5 Å². The second-order valence-corrected chi connectivity index (χ2v) is 10.4. The van der Waals surface area contributed by atoms with E-state index in [1.54, 1.807) is 0 Å². The van der Waals surface area contributed by atoms with E-state index >= 15 is 0 Å². The van der Waals surface area contributed by atoms with Crippen molar-refractivity contribution < 1.29 is 18.3 Å². The van der Waals surface area contributed by atoms with Crippen LogP contribution in [-0.2, 0) is 6.54 Å². The molecule has 1 N–H and O–H groups in total. The lowest BCUT2D eigenvalue weighted by atomic mass is 9.86. The molecule has 0 saturated carbocycles. The summed E-state index contributed by atoms with van der Waals surface area (Å²) >= 11 is 0. The summed E-state index contributed by atoms with van der Waals surface area (Å²) < 4.78 is 32.2. The minimum Gasteiger partial charge on any atom is -0.457 e. The molecule has 2 aliphatic heterocycles. The molecule has 2 heterocycles. The van der Waals surface area contributed by atoms with E-state index in [-0.39, 0.29) is 11.8 Å². The molecule has 0 bridgehead atoms. The van der Waals surface area contributed by atoms with E-state index in [2.05, 4.69) is 29.3 Å². The largest absolute Gasteiger partial charge is 0.457 e. The molecule has 2 aliphatic rings. The van der Waals surface area contributed by atoms with Crippen molar-refractivity contribution in [3.05, 3.63) is 89.0 Å². The average molecular weight is 520 g/mol. The summed E-state index contributed by atoms with van der Waals surface area (Å²) in [7, 11) is 0. The Morgan fingerprint density at radius 2 is 1.58 bits per heavy atom. The molecular weight excluding hydrogens is 484 g/mol. The number of hydrogen-bond acceptors (Lipinski definition) is 3. The van der Waals surface area contributed by atoms with Crippen LogP contribution in [0.1, 0.15) is 54.7 Å². The predicted octanol–water partition coefficient (Wildman–Crippen LogP) is 7.46. The maximum absolute atomic E-state index is 13.4. The number of carbonyl (C=O) groups excluding carboxylic acids is 1. The molecule has 5 nitrogen and oxygen atoms in total. The SMILES string of the molecule is Cc1ccc(NC(=O)N2CCCCC2)cc1C1CCN(Cc2ccc(Oc3ccc(F)c(F)c3)cc2)CC1. The Hall–Kier alpha value is -3.45. The molecule has 2 saturated heterocycles. The van der Waals surface area contributed by atoms with E-state index < -0.39 is 11.6 Å². The summed E-state index contributed by atoms with van der Waals surface area (Å²) in [6, 6.07) is 17.6. The van der Waals surface area contributed by atoms with Crippen LogP contribution in [0.3, 0.4) is 0 Å². The van der Waals surface area contributed by atoms with Gasteiger partial charge in [0.25, 0.3) is 0 Å². The maximum atomic E-state index is 13.4. The number of ether oxygens (including phenoxy) is 1. The van der Waals surface area contributed by atoms with Gasteiger partial charge in [0.15, 0.2) is 11.6 Å². The van der Waals surface area contributed by atoms with Crippen LogP contribution in [0.15, 0.2) is 60.7 Å². The highest BCUT2D eigenvalue weighted by atomic mass is 19.2. The second-order valence-electron chi connectivity index (χ2n) is 10.4. The molecule has 5 rings (SSSR count). The van der Waals surface area contributed by atoms with Crippen LogP contribution in [0.2, 0.25) is 0 Å². The van der Waals surface area contributed by atoms with Crippen molar-refractivity contribution in [1.82, 2.24) is 9.80 Å². The van der Waals surface area contributed by atoms with E-state index in [1.165, 1.54) is 29.2 Å². The number of likely N-dealkylation sites (tertiary alicyclic amines) is 2. The molecule has 0 radical (unpaired) electrons. The van der Waals surface area contributed by atoms with Gasteiger partial charge in [-0.2, -0.15) is 0 Å². The standard InChI is InChI=1S/C31H35F2N3O2/c1-22-5-8-25(34-31(37)36-15-3-2-4-16-36)19-28(22)24-13-17-35(18-14-24)21-23-6-9-26(10-7-23)38-27-11-12-29(32)30(33)20-27/h5-12,19-20,24H,2-4,13-18,21H2,1H3,(H,34,37). The fourth-order valence-corrected chi connectivity index (χ4v) is 5.46. The van der Waals surface area contributed by atoms with E-state index in [9.17, 15) is 13.6 Å². The third-order valence-electron chi connectivity index (χ3n) is 7.66. The molecule has 0 aromatic heterocycles. The first-order valence-corrected chi connectivity index (χ1v) is 13.6. The topological polar surface area (TPSA) is 44.8 Å².